The van der Waals surface area contributed by atoms with Crippen molar-refractivity contribution in [3.63, 3.8) is 0 Å². The number of nitrogens with zero attached hydrogens (tertiary/aromatic N) is 1. The first kappa shape index (κ1) is 19.0. The molecule has 0 spiro atoms. The van der Waals surface area contributed by atoms with Crippen LogP contribution in [0.1, 0.15) is 45.6 Å². The Morgan fingerprint density at radius 2 is 1.66 bits per heavy atom. The standard InChI is InChI=1S/C22H23N3O4/c26-21(23-15-18(19-5-3-13-28-19)25-11-1-2-12-25)16-7-9-17(10-8-16)24-22(27)20-6-4-14-29-20/h3-10,13-14,18H,1-2,11-12,15H2,(H,23,26)(H,24,27)/t18-/m1/s1. The van der Waals surface area contributed by atoms with Crippen LogP contribution in [0.15, 0.2) is 69.9 Å². The Morgan fingerprint density at radius 1 is 0.931 bits per heavy atom. The fourth-order valence-corrected chi connectivity index (χ4v) is 3.54. The predicted octanol–water partition coefficient (Wildman–Crippen LogP) is 3.69. The maximum Gasteiger partial charge on any atom is 0.291 e. The minimum absolute atomic E-state index is 0.0308. The lowest BCUT2D eigenvalue weighted by molar-refractivity contribution is 0.0933. The Labute approximate surface area is 168 Å². The van der Waals surface area contributed by atoms with Gasteiger partial charge in [-0.3, -0.25) is 14.5 Å². The summed E-state index contributed by atoms with van der Waals surface area (Å²) in [5, 5.41) is 5.74. The Balaban J connectivity index is 1.36. The van der Waals surface area contributed by atoms with Crippen LogP contribution in [0.3, 0.4) is 0 Å². The van der Waals surface area contributed by atoms with E-state index in [1.807, 2.05) is 12.1 Å². The summed E-state index contributed by atoms with van der Waals surface area (Å²) in [5.74, 6) is 0.602. The largest absolute Gasteiger partial charge is 0.468 e. The molecule has 4 rings (SSSR count). The summed E-state index contributed by atoms with van der Waals surface area (Å²) in [4.78, 5) is 26.9. The number of carbonyl (C=O) groups is 2. The average Bonchev–Trinajstić information content (AvgIpc) is 3.52. The lowest BCUT2D eigenvalue weighted by Crippen LogP contribution is -2.36. The zero-order valence-corrected chi connectivity index (χ0v) is 16.0. The number of anilines is 1. The Kier molecular flexibility index (Phi) is 5.76. The molecule has 0 radical (unpaired) electrons. The van der Waals surface area contributed by atoms with Crippen LogP contribution in [-0.2, 0) is 0 Å². The molecule has 2 aromatic heterocycles. The van der Waals surface area contributed by atoms with E-state index >= 15 is 0 Å². The van der Waals surface area contributed by atoms with Gasteiger partial charge in [0.2, 0.25) is 0 Å². The molecule has 0 unspecified atom stereocenters. The number of rotatable bonds is 7. The van der Waals surface area contributed by atoms with Crippen molar-refractivity contribution in [2.75, 3.05) is 25.0 Å². The topological polar surface area (TPSA) is 87.7 Å². The molecule has 7 heteroatoms. The summed E-state index contributed by atoms with van der Waals surface area (Å²) in [5.41, 5.74) is 1.12. The number of carbonyl (C=O) groups excluding carboxylic acids is 2. The van der Waals surface area contributed by atoms with Crippen LogP contribution in [0.5, 0.6) is 0 Å². The van der Waals surface area contributed by atoms with Gasteiger partial charge in [-0.1, -0.05) is 0 Å². The number of likely N-dealkylation sites (tertiary alicyclic amines) is 1. The summed E-state index contributed by atoms with van der Waals surface area (Å²) < 4.78 is 10.7. The van der Waals surface area contributed by atoms with E-state index in [4.69, 9.17) is 8.83 Å². The molecule has 0 aliphatic carbocycles. The molecule has 29 heavy (non-hydrogen) atoms. The van der Waals surface area contributed by atoms with Gasteiger partial charge in [0.25, 0.3) is 11.8 Å². The normalized spacial score (nSPS) is 15.2. The maximum absolute atomic E-state index is 12.6. The first-order chi connectivity index (χ1) is 14.2. The molecule has 150 valence electrons. The van der Waals surface area contributed by atoms with Crippen molar-refractivity contribution >= 4 is 17.5 Å². The second kappa shape index (κ2) is 8.79. The molecular formula is C22H23N3O4. The SMILES string of the molecule is O=C(NC[C@H](c1ccco1)N1CCCC1)c1ccc(NC(=O)c2ccco2)cc1. The van der Waals surface area contributed by atoms with Crippen molar-refractivity contribution in [2.24, 2.45) is 0 Å². The average molecular weight is 393 g/mol. The van der Waals surface area contributed by atoms with Crippen molar-refractivity contribution in [1.29, 1.82) is 0 Å². The summed E-state index contributed by atoms with van der Waals surface area (Å²) >= 11 is 0. The lowest BCUT2D eigenvalue weighted by atomic mass is 10.1. The van der Waals surface area contributed by atoms with Crippen LogP contribution in [0, 0.1) is 0 Å². The zero-order valence-electron chi connectivity index (χ0n) is 16.0. The van der Waals surface area contributed by atoms with Gasteiger partial charge in [-0.25, -0.2) is 0 Å². The minimum atomic E-state index is -0.334. The van der Waals surface area contributed by atoms with Gasteiger partial charge >= 0.3 is 0 Å². The molecule has 1 fully saturated rings. The second-order valence-electron chi connectivity index (χ2n) is 6.99. The number of benzene rings is 1. The summed E-state index contributed by atoms with van der Waals surface area (Å²) in [7, 11) is 0. The van der Waals surface area contributed by atoms with Crippen molar-refractivity contribution in [3.05, 3.63) is 78.1 Å². The number of hydrogen-bond donors (Lipinski definition) is 2. The summed E-state index contributed by atoms with van der Waals surface area (Å²) in [6, 6.07) is 13.9. The smallest absolute Gasteiger partial charge is 0.291 e. The molecule has 1 saturated heterocycles. The van der Waals surface area contributed by atoms with E-state index in [-0.39, 0.29) is 23.6 Å². The molecule has 0 saturated carbocycles. The minimum Gasteiger partial charge on any atom is -0.468 e. The third-order valence-corrected chi connectivity index (χ3v) is 5.06. The van der Waals surface area contributed by atoms with Gasteiger partial charge in [0.05, 0.1) is 18.6 Å². The number of nitrogens with one attached hydrogen (secondary N) is 2. The van der Waals surface area contributed by atoms with E-state index in [0.29, 0.717) is 17.8 Å². The van der Waals surface area contributed by atoms with Crippen LogP contribution in [0.2, 0.25) is 0 Å². The van der Waals surface area contributed by atoms with Gasteiger partial charge in [0.15, 0.2) is 5.76 Å². The summed E-state index contributed by atoms with van der Waals surface area (Å²) in [6.07, 6.45) is 5.43. The van der Waals surface area contributed by atoms with Crippen LogP contribution in [-0.4, -0.2) is 36.3 Å². The molecule has 7 nitrogen and oxygen atoms in total. The first-order valence-electron chi connectivity index (χ1n) is 9.71. The van der Waals surface area contributed by atoms with Crippen molar-refractivity contribution in [1.82, 2.24) is 10.2 Å². The number of amides is 2. The van der Waals surface area contributed by atoms with Crippen LogP contribution >= 0.6 is 0 Å². The highest BCUT2D eigenvalue weighted by atomic mass is 16.3. The third-order valence-electron chi connectivity index (χ3n) is 5.06. The molecular weight excluding hydrogens is 370 g/mol. The highest BCUT2D eigenvalue weighted by molar-refractivity contribution is 6.02. The highest BCUT2D eigenvalue weighted by Crippen LogP contribution is 2.25. The summed E-state index contributed by atoms with van der Waals surface area (Å²) in [6.45, 7) is 2.49. The van der Waals surface area contributed by atoms with Gasteiger partial charge in [0.1, 0.15) is 5.76 Å². The molecule has 0 bridgehead atoms. The number of furan rings is 2. The van der Waals surface area contributed by atoms with E-state index in [9.17, 15) is 9.59 Å². The Morgan fingerprint density at radius 3 is 2.31 bits per heavy atom. The lowest BCUT2D eigenvalue weighted by Gasteiger charge is -2.26. The fourth-order valence-electron chi connectivity index (χ4n) is 3.54. The number of hydrogen-bond acceptors (Lipinski definition) is 5. The van der Waals surface area contributed by atoms with E-state index in [1.54, 1.807) is 42.7 Å². The van der Waals surface area contributed by atoms with Gasteiger partial charge < -0.3 is 19.5 Å². The van der Waals surface area contributed by atoms with Crippen molar-refractivity contribution < 1.29 is 18.4 Å². The molecule has 1 aliphatic rings. The molecule has 1 aliphatic heterocycles. The predicted molar refractivity (Wildman–Crippen MR) is 108 cm³/mol. The van der Waals surface area contributed by atoms with Crippen LogP contribution < -0.4 is 10.6 Å². The van der Waals surface area contributed by atoms with Crippen molar-refractivity contribution in [3.8, 4) is 0 Å². The molecule has 1 aromatic carbocycles. The fraction of sp³-hybridized carbons (Fsp3) is 0.273. The monoisotopic (exact) mass is 393 g/mol. The first-order valence-corrected chi connectivity index (χ1v) is 9.71. The highest BCUT2D eigenvalue weighted by Gasteiger charge is 2.26. The zero-order chi connectivity index (χ0) is 20.1. The van der Waals surface area contributed by atoms with E-state index in [1.165, 1.54) is 6.26 Å². The van der Waals surface area contributed by atoms with E-state index < -0.39 is 0 Å². The Hall–Kier alpha value is -3.32. The third kappa shape index (κ3) is 4.57. The van der Waals surface area contributed by atoms with E-state index in [0.717, 1.165) is 31.7 Å². The molecule has 2 amide bonds. The van der Waals surface area contributed by atoms with Crippen LogP contribution in [0.4, 0.5) is 5.69 Å². The maximum atomic E-state index is 12.6. The molecule has 2 N–H and O–H groups in total. The second-order valence-corrected chi connectivity index (χ2v) is 6.99. The van der Waals surface area contributed by atoms with Gasteiger partial charge in [-0.05, 0) is 74.5 Å². The van der Waals surface area contributed by atoms with Gasteiger partial charge in [-0.15, -0.1) is 0 Å². The molecule has 3 heterocycles. The Bertz CT molecular complexity index is 927. The quantitative estimate of drug-likeness (QED) is 0.639. The molecule has 1 atom stereocenters. The molecule has 3 aromatic rings. The van der Waals surface area contributed by atoms with Crippen molar-refractivity contribution in [2.45, 2.75) is 18.9 Å². The van der Waals surface area contributed by atoms with Crippen LogP contribution in [0.25, 0.3) is 0 Å². The van der Waals surface area contributed by atoms with Gasteiger partial charge in [0, 0.05) is 17.8 Å². The van der Waals surface area contributed by atoms with E-state index in [2.05, 4.69) is 15.5 Å². The van der Waals surface area contributed by atoms with Gasteiger partial charge in [-0.2, -0.15) is 0 Å².